The van der Waals surface area contributed by atoms with E-state index in [4.69, 9.17) is 9.29 Å². The third-order valence-corrected chi connectivity index (χ3v) is 6.44. The molecule has 0 aliphatic heterocycles. The third-order valence-electron chi connectivity index (χ3n) is 5.59. The van der Waals surface area contributed by atoms with Gasteiger partial charge in [0.05, 0.1) is 17.6 Å². The maximum absolute atomic E-state index is 11.2. The van der Waals surface area contributed by atoms with Gasteiger partial charge in [-0.25, -0.2) is 0 Å². The SMILES string of the molecule is O=S(=O)(O)c1cccc(CCCCOCCCCCCNCC(O)c2ccc(O)c(CO)c2)c1. The van der Waals surface area contributed by atoms with Crippen LogP contribution in [0.4, 0.5) is 0 Å². The van der Waals surface area contributed by atoms with E-state index in [2.05, 4.69) is 5.32 Å². The lowest BCUT2D eigenvalue weighted by atomic mass is 10.1. The van der Waals surface area contributed by atoms with Gasteiger partial charge in [0.2, 0.25) is 0 Å². The zero-order valence-corrected chi connectivity index (χ0v) is 20.3. The van der Waals surface area contributed by atoms with Crippen LogP contribution in [-0.2, 0) is 27.9 Å². The standard InChI is InChI=1S/C25H37NO7S/c27-19-22-17-21(11-12-24(22)28)25(29)18-26-13-4-1-2-5-14-33-15-6-3-8-20-9-7-10-23(16-20)34(30,31)32/h7,9-12,16-17,25-29H,1-6,8,13-15,18-19H2,(H,30,31,32). The summed E-state index contributed by atoms with van der Waals surface area (Å²) >= 11 is 0. The first-order valence-electron chi connectivity index (χ1n) is 11.8. The normalized spacial score (nSPS) is 12.7. The number of benzene rings is 2. The molecule has 0 aromatic heterocycles. The predicted molar refractivity (Wildman–Crippen MR) is 130 cm³/mol. The number of unbranched alkanes of at least 4 members (excludes halogenated alkanes) is 4. The van der Waals surface area contributed by atoms with Crippen LogP contribution in [0.2, 0.25) is 0 Å². The zero-order valence-electron chi connectivity index (χ0n) is 19.5. The van der Waals surface area contributed by atoms with E-state index in [1.165, 1.54) is 18.2 Å². The van der Waals surface area contributed by atoms with Gasteiger partial charge in [0.15, 0.2) is 0 Å². The number of hydrogen-bond donors (Lipinski definition) is 5. The van der Waals surface area contributed by atoms with E-state index in [0.29, 0.717) is 24.3 Å². The number of rotatable bonds is 17. The van der Waals surface area contributed by atoms with Crippen molar-refractivity contribution in [1.82, 2.24) is 5.32 Å². The lowest BCUT2D eigenvalue weighted by Crippen LogP contribution is -2.22. The second-order valence-electron chi connectivity index (χ2n) is 8.37. The van der Waals surface area contributed by atoms with Crippen molar-refractivity contribution in [3.63, 3.8) is 0 Å². The predicted octanol–water partition coefficient (Wildman–Crippen LogP) is 3.35. The van der Waals surface area contributed by atoms with E-state index in [0.717, 1.165) is 63.7 Å². The molecule has 0 aliphatic carbocycles. The Morgan fingerprint density at radius 1 is 0.941 bits per heavy atom. The van der Waals surface area contributed by atoms with Gasteiger partial charge in [-0.3, -0.25) is 4.55 Å². The molecule has 0 saturated carbocycles. The fourth-order valence-electron chi connectivity index (χ4n) is 3.60. The average Bonchev–Trinajstić information content (AvgIpc) is 2.81. The molecule has 1 atom stereocenters. The Kier molecular flexibility index (Phi) is 12.5. The first-order chi connectivity index (χ1) is 16.3. The second kappa shape index (κ2) is 15.1. The van der Waals surface area contributed by atoms with Gasteiger partial charge < -0.3 is 25.4 Å². The van der Waals surface area contributed by atoms with Crippen molar-refractivity contribution >= 4 is 10.1 Å². The molecule has 0 aliphatic rings. The summed E-state index contributed by atoms with van der Waals surface area (Å²) in [6.07, 6.45) is 5.98. The molecule has 0 bridgehead atoms. The van der Waals surface area contributed by atoms with Gasteiger partial charge in [-0.1, -0.05) is 31.0 Å². The lowest BCUT2D eigenvalue weighted by molar-refractivity contribution is 0.126. The van der Waals surface area contributed by atoms with E-state index in [9.17, 15) is 23.7 Å². The number of aromatic hydroxyl groups is 1. The molecule has 2 rings (SSSR count). The summed E-state index contributed by atoms with van der Waals surface area (Å²) < 4.78 is 37.1. The third kappa shape index (κ3) is 10.5. The Morgan fingerprint density at radius 2 is 1.68 bits per heavy atom. The number of phenols is 1. The van der Waals surface area contributed by atoms with Gasteiger partial charge in [-0.15, -0.1) is 0 Å². The monoisotopic (exact) mass is 495 g/mol. The molecular weight excluding hydrogens is 458 g/mol. The minimum Gasteiger partial charge on any atom is -0.508 e. The van der Waals surface area contributed by atoms with E-state index in [1.54, 1.807) is 18.2 Å². The van der Waals surface area contributed by atoms with Gasteiger partial charge >= 0.3 is 0 Å². The van der Waals surface area contributed by atoms with Crippen molar-refractivity contribution in [2.75, 3.05) is 26.3 Å². The van der Waals surface area contributed by atoms with Gasteiger partial charge in [0, 0.05) is 25.3 Å². The van der Waals surface area contributed by atoms with Crippen molar-refractivity contribution in [3.05, 3.63) is 59.2 Å². The van der Waals surface area contributed by atoms with Crippen LogP contribution in [0.25, 0.3) is 0 Å². The van der Waals surface area contributed by atoms with Crippen LogP contribution in [0, 0.1) is 0 Å². The summed E-state index contributed by atoms with van der Waals surface area (Å²) in [7, 11) is -4.16. The molecule has 2 aromatic rings. The van der Waals surface area contributed by atoms with Gasteiger partial charge in [-0.2, -0.15) is 8.42 Å². The van der Waals surface area contributed by atoms with E-state index in [1.807, 2.05) is 6.07 Å². The largest absolute Gasteiger partial charge is 0.508 e. The van der Waals surface area contributed by atoms with Crippen molar-refractivity contribution in [3.8, 4) is 5.75 Å². The summed E-state index contributed by atoms with van der Waals surface area (Å²) in [5.74, 6) is 0.0273. The second-order valence-corrected chi connectivity index (χ2v) is 9.79. The van der Waals surface area contributed by atoms with Crippen LogP contribution in [0.3, 0.4) is 0 Å². The van der Waals surface area contributed by atoms with Crippen LogP contribution >= 0.6 is 0 Å². The number of hydrogen-bond acceptors (Lipinski definition) is 7. The Hall–Kier alpha value is -2.01. The summed E-state index contributed by atoms with van der Waals surface area (Å²) in [6.45, 7) is 2.35. The van der Waals surface area contributed by atoms with E-state index >= 15 is 0 Å². The number of aryl methyl sites for hydroxylation is 1. The molecule has 0 radical (unpaired) electrons. The number of ether oxygens (including phenoxy) is 1. The van der Waals surface area contributed by atoms with Crippen molar-refractivity contribution < 1.29 is 33.0 Å². The minimum atomic E-state index is -4.16. The van der Waals surface area contributed by atoms with Crippen molar-refractivity contribution in [1.29, 1.82) is 0 Å². The maximum atomic E-state index is 11.2. The number of nitrogens with one attached hydrogen (secondary N) is 1. The molecule has 0 heterocycles. The quantitative estimate of drug-likeness (QED) is 0.166. The number of aliphatic hydroxyl groups is 2. The highest BCUT2D eigenvalue weighted by atomic mass is 32.2. The summed E-state index contributed by atoms with van der Waals surface area (Å²) in [5.41, 5.74) is 1.96. The topological polar surface area (TPSA) is 136 Å². The van der Waals surface area contributed by atoms with Gasteiger partial charge in [0.1, 0.15) is 5.75 Å². The summed E-state index contributed by atoms with van der Waals surface area (Å²) in [6, 6.07) is 11.1. The first-order valence-corrected chi connectivity index (χ1v) is 13.2. The Morgan fingerprint density at radius 3 is 2.41 bits per heavy atom. The highest BCUT2D eigenvalue weighted by molar-refractivity contribution is 7.85. The molecule has 190 valence electrons. The minimum absolute atomic E-state index is 0.0273. The van der Waals surface area contributed by atoms with Crippen molar-refractivity contribution in [2.24, 2.45) is 0 Å². The Bertz CT molecular complexity index is 965. The average molecular weight is 496 g/mol. The number of aliphatic hydroxyl groups excluding tert-OH is 2. The maximum Gasteiger partial charge on any atom is 0.294 e. The molecule has 0 amide bonds. The van der Waals surface area contributed by atoms with Crippen LogP contribution in [-0.4, -0.2) is 54.6 Å². The van der Waals surface area contributed by atoms with E-state index < -0.39 is 16.2 Å². The highest BCUT2D eigenvalue weighted by Crippen LogP contribution is 2.22. The molecule has 0 fully saturated rings. The Labute approximate surface area is 202 Å². The first kappa shape index (κ1) is 28.2. The fourth-order valence-corrected chi connectivity index (χ4v) is 4.15. The molecule has 34 heavy (non-hydrogen) atoms. The highest BCUT2D eigenvalue weighted by Gasteiger charge is 2.10. The van der Waals surface area contributed by atoms with Crippen LogP contribution in [0.15, 0.2) is 47.4 Å². The molecule has 0 spiro atoms. The van der Waals surface area contributed by atoms with Gasteiger partial charge in [-0.05, 0) is 74.0 Å². The summed E-state index contributed by atoms with van der Waals surface area (Å²) in [5, 5.41) is 32.2. The zero-order chi connectivity index (χ0) is 24.8. The molecule has 1 unspecified atom stereocenters. The van der Waals surface area contributed by atoms with Crippen LogP contribution in [0.1, 0.15) is 61.3 Å². The lowest BCUT2D eigenvalue weighted by Gasteiger charge is -2.14. The molecule has 5 N–H and O–H groups in total. The van der Waals surface area contributed by atoms with Crippen molar-refractivity contribution in [2.45, 2.75) is 62.6 Å². The van der Waals surface area contributed by atoms with Crippen LogP contribution < -0.4 is 5.32 Å². The molecule has 2 aromatic carbocycles. The molecule has 8 nitrogen and oxygen atoms in total. The fraction of sp³-hybridized carbons (Fsp3) is 0.520. The Balaban J connectivity index is 1.43. The molecule has 9 heteroatoms. The van der Waals surface area contributed by atoms with E-state index in [-0.39, 0.29) is 17.3 Å². The molecule has 0 saturated heterocycles. The smallest absolute Gasteiger partial charge is 0.294 e. The van der Waals surface area contributed by atoms with Gasteiger partial charge in [0.25, 0.3) is 10.1 Å². The molecular formula is C25H37NO7S. The van der Waals surface area contributed by atoms with Crippen LogP contribution in [0.5, 0.6) is 5.75 Å². The summed E-state index contributed by atoms with van der Waals surface area (Å²) in [4.78, 5) is -0.0680.